The molecule has 20 heavy (non-hydrogen) atoms. The third-order valence-corrected chi connectivity index (χ3v) is 4.18. The van der Waals surface area contributed by atoms with Gasteiger partial charge in [-0.05, 0) is 52.9 Å². The molecular formula is C14H10ClFINO2. The Bertz CT molecular complexity index is 664. The van der Waals surface area contributed by atoms with Crippen molar-refractivity contribution in [2.75, 3.05) is 12.4 Å². The number of anilines is 1. The summed E-state index contributed by atoms with van der Waals surface area (Å²) >= 11 is 8.02. The van der Waals surface area contributed by atoms with Crippen LogP contribution in [0.15, 0.2) is 36.4 Å². The predicted octanol–water partition coefficient (Wildman–Crippen LogP) is 4.34. The van der Waals surface area contributed by atoms with Gasteiger partial charge in [-0.2, -0.15) is 0 Å². The zero-order chi connectivity index (χ0) is 14.7. The second-order valence-corrected chi connectivity index (χ2v) is 5.50. The summed E-state index contributed by atoms with van der Waals surface area (Å²) in [5.74, 6) is -0.506. The number of carbonyl (C=O) groups excluding carboxylic acids is 1. The monoisotopic (exact) mass is 405 g/mol. The van der Waals surface area contributed by atoms with Gasteiger partial charge in [0.15, 0.2) is 0 Å². The average Bonchev–Trinajstić information content (AvgIpc) is 2.44. The maximum atomic E-state index is 13.6. The number of benzene rings is 2. The fourth-order valence-corrected chi connectivity index (χ4v) is 2.08. The SMILES string of the molecule is COc1ccc(F)c(NC(=O)c2ccc(I)c(Cl)c2)c1. The molecule has 1 amide bonds. The van der Waals surface area contributed by atoms with Gasteiger partial charge in [-0.3, -0.25) is 4.79 Å². The van der Waals surface area contributed by atoms with Crippen LogP contribution >= 0.6 is 34.2 Å². The Morgan fingerprint density at radius 2 is 2.05 bits per heavy atom. The molecule has 0 aromatic heterocycles. The van der Waals surface area contributed by atoms with E-state index in [1.165, 1.54) is 31.4 Å². The molecule has 0 heterocycles. The minimum Gasteiger partial charge on any atom is -0.497 e. The van der Waals surface area contributed by atoms with Crippen molar-refractivity contribution in [2.24, 2.45) is 0 Å². The standard InChI is InChI=1S/C14H10ClFINO2/c1-20-9-3-4-11(16)13(7-9)18-14(19)8-2-5-12(17)10(15)6-8/h2-7H,1H3,(H,18,19). The number of hydrogen-bond donors (Lipinski definition) is 1. The molecule has 0 aliphatic carbocycles. The number of nitrogens with one attached hydrogen (secondary N) is 1. The van der Waals surface area contributed by atoms with Crippen LogP contribution < -0.4 is 10.1 Å². The first kappa shape index (κ1) is 15.1. The summed E-state index contributed by atoms with van der Waals surface area (Å²) < 4.78 is 19.5. The molecule has 2 aromatic rings. The lowest BCUT2D eigenvalue weighted by atomic mass is 10.2. The van der Waals surface area contributed by atoms with Gasteiger partial charge in [-0.1, -0.05) is 11.6 Å². The van der Waals surface area contributed by atoms with Crippen molar-refractivity contribution in [3.63, 3.8) is 0 Å². The van der Waals surface area contributed by atoms with E-state index in [9.17, 15) is 9.18 Å². The van der Waals surface area contributed by atoms with E-state index in [2.05, 4.69) is 27.9 Å². The van der Waals surface area contributed by atoms with Gasteiger partial charge in [0.05, 0.1) is 17.8 Å². The molecule has 0 spiro atoms. The lowest BCUT2D eigenvalue weighted by Gasteiger charge is -2.09. The molecular weight excluding hydrogens is 396 g/mol. The molecule has 0 saturated heterocycles. The second kappa shape index (κ2) is 6.41. The molecule has 0 radical (unpaired) electrons. The van der Waals surface area contributed by atoms with Crippen molar-refractivity contribution in [1.29, 1.82) is 0 Å². The highest BCUT2D eigenvalue weighted by Crippen LogP contribution is 2.23. The molecule has 0 aliphatic rings. The van der Waals surface area contributed by atoms with Crippen LogP contribution in [0.2, 0.25) is 5.02 Å². The first-order chi connectivity index (χ1) is 9.51. The zero-order valence-electron chi connectivity index (χ0n) is 10.4. The van der Waals surface area contributed by atoms with Gasteiger partial charge in [0.2, 0.25) is 0 Å². The Kier molecular flexibility index (Phi) is 4.82. The highest BCUT2D eigenvalue weighted by molar-refractivity contribution is 14.1. The van der Waals surface area contributed by atoms with Gasteiger partial charge in [0.25, 0.3) is 5.91 Å². The zero-order valence-corrected chi connectivity index (χ0v) is 13.3. The molecule has 1 N–H and O–H groups in total. The quantitative estimate of drug-likeness (QED) is 0.771. The smallest absolute Gasteiger partial charge is 0.255 e. The van der Waals surface area contributed by atoms with E-state index in [-0.39, 0.29) is 5.69 Å². The summed E-state index contributed by atoms with van der Waals surface area (Å²) in [7, 11) is 1.47. The summed E-state index contributed by atoms with van der Waals surface area (Å²) in [6.07, 6.45) is 0. The minimum absolute atomic E-state index is 0.0593. The van der Waals surface area contributed by atoms with E-state index in [0.717, 1.165) is 3.57 Å². The molecule has 0 atom stereocenters. The van der Waals surface area contributed by atoms with Crippen LogP contribution in [0.5, 0.6) is 5.75 Å². The van der Waals surface area contributed by atoms with Gasteiger partial charge in [-0.25, -0.2) is 4.39 Å². The Hall–Kier alpha value is -1.34. The normalized spacial score (nSPS) is 10.2. The molecule has 0 fully saturated rings. The molecule has 2 rings (SSSR count). The highest BCUT2D eigenvalue weighted by atomic mass is 127. The van der Waals surface area contributed by atoms with Crippen LogP contribution in [0, 0.1) is 9.39 Å². The summed E-state index contributed by atoms with van der Waals surface area (Å²) in [5.41, 5.74) is 0.418. The third-order valence-electron chi connectivity index (χ3n) is 2.60. The van der Waals surface area contributed by atoms with E-state index < -0.39 is 11.7 Å². The number of methoxy groups -OCH3 is 1. The van der Waals surface area contributed by atoms with Crippen LogP contribution in [-0.4, -0.2) is 13.0 Å². The van der Waals surface area contributed by atoms with E-state index in [0.29, 0.717) is 16.3 Å². The van der Waals surface area contributed by atoms with Crippen LogP contribution in [0.3, 0.4) is 0 Å². The number of rotatable bonds is 3. The van der Waals surface area contributed by atoms with Gasteiger partial charge in [0.1, 0.15) is 11.6 Å². The van der Waals surface area contributed by atoms with Crippen molar-refractivity contribution >= 4 is 45.8 Å². The summed E-state index contributed by atoms with van der Waals surface area (Å²) in [6, 6.07) is 9.02. The summed E-state index contributed by atoms with van der Waals surface area (Å²) in [6.45, 7) is 0. The molecule has 0 aliphatic heterocycles. The van der Waals surface area contributed by atoms with E-state index in [4.69, 9.17) is 16.3 Å². The molecule has 0 unspecified atom stereocenters. The highest BCUT2D eigenvalue weighted by Gasteiger charge is 2.11. The lowest BCUT2D eigenvalue weighted by molar-refractivity contribution is 0.102. The second-order valence-electron chi connectivity index (χ2n) is 3.93. The largest absolute Gasteiger partial charge is 0.497 e. The maximum Gasteiger partial charge on any atom is 0.255 e. The van der Waals surface area contributed by atoms with Gasteiger partial charge in [0, 0.05) is 15.2 Å². The number of ether oxygens (including phenoxy) is 1. The average molecular weight is 406 g/mol. The molecule has 0 saturated carbocycles. The number of halogens is 3. The third kappa shape index (κ3) is 3.40. The van der Waals surface area contributed by atoms with Crippen LogP contribution in [0.1, 0.15) is 10.4 Å². The van der Waals surface area contributed by atoms with Crippen molar-refractivity contribution in [3.05, 3.63) is 56.4 Å². The Balaban J connectivity index is 2.25. The Morgan fingerprint density at radius 1 is 1.30 bits per heavy atom. The number of carbonyl (C=O) groups is 1. The molecule has 3 nitrogen and oxygen atoms in total. The molecule has 104 valence electrons. The minimum atomic E-state index is -0.532. The van der Waals surface area contributed by atoms with E-state index in [1.807, 2.05) is 0 Å². The Morgan fingerprint density at radius 3 is 2.70 bits per heavy atom. The first-order valence-corrected chi connectivity index (χ1v) is 7.07. The van der Waals surface area contributed by atoms with Gasteiger partial charge >= 0.3 is 0 Å². The maximum absolute atomic E-state index is 13.6. The molecule has 6 heteroatoms. The van der Waals surface area contributed by atoms with Crippen molar-refractivity contribution in [1.82, 2.24) is 0 Å². The lowest BCUT2D eigenvalue weighted by Crippen LogP contribution is -2.13. The number of hydrogen-bond acceptors (Lipinski definition) is 2. The number of amides is 1. The molecule has 0 bridgehead atoms. The fourth-order valence-electron chi connectivity index (χ4n) is 1.56. The van der Waals surface area contributed by atoms with Gasteiger partial charge in [-0.15, -0.1) is 0 Å². The van der Waals surface area contributed by atoms with Crippen molar-refractivity contribution in [2.45, 2.75) is 0 Å². The van der Waals surface area contributed by atoms with E-state index in [1.54, 1.807) is 12.1 Å². The fraction of sp³-hybridized carbons (Fsp3) is 0.0714. The topological polar surface area (TPSA) is 38.3 Å². The first-order valence-electron chi connectivity index (χ1n) is 5.61. The summed E-state index contributed by atoms with van der Waals surface area (Å²) in [4.78, 5) is 12.0. The van der Waals surface area contributed by atoms with Crippen molar-refractivity contribution in [3.8, 4) is 5.75 Å². The van der Waals surface area contributed by atoms with Crippen LogP contribution in [0.4, 0.5) is 10.1 Å². The van der Waals surface area contributed by atoms with Crippen LogP contribution in [-0.2, 0) is 0 Å². The molecule has 2 aromatic carbocycles. The summed E-state index contributed by atoms with van der Waals surface area (Å²) in [5, 5.41) is 2.97. The van der Waals surface area contributed by atoms with Crippen LogP contribution in [0.25, 0.3) is 0 Å². The van der Waals surface area contributed by atoms with Gasteiger partial charge < -0.3 is 10.1 Å². The predicted molar refractivity (Wildman–Crippen MR) is 85.1 cm³/mol. The Labute approximate surface area is 134 Å². The van der Waals surface area contributed by atoms with E-state index >= 15 is 0 Å². The van der Waals surface area contributed by atoms with Crippen molar-refractivity contribution < 1.29 is 13.9 Å².